The number of nitrogens with zero attached hydrogens (tertiary/aromatic N) is 2. The summed E-state index contributed by atoms with van der Waals surface area (Å²) in [6.07, 6.45) is 2.26. The van der Waals surface area contributed by atoms with Gasteiger partial charge in [-0.05, 0) is 31.5 Å². The van der Waals surface area contributed by atoms with Crippen molar-refractivity contribution in [3.8, 4) is 0 Å². The van der Waals surface area contributed by atoms with Gasteiger partial charge in [0.05, 0.1) is 0 Å². The van der Waals surface area contributed by atoms with E-state index in [2.05, 4.69) is 15.3 Å². The molecule has 0 unspecified atom stereocenters. The van der Waals surface area contributed by atoms with Crippen molar-refractivity contribution in [2.45, 2.75) is 20.3 Å². The van der Waals surface area contributed by atoms with Gasteiger partial charge in [-0.2, -0.15) is 0 Å². The molecule has 0 fully saturated rings. The number of rotatable bonds is 4. The first-order valence-electron chi connectivity index (χ1n) is 6.10. The highest BCUT2D eigenvalue weighted by Gasteiger charge is 2.11. The third kappa shape index (κ3) is 3.37. The smallest absolute Gasteiger partial charge is 0.133 e. The Morgan fingerprint density at radius 3 is 2.68 bits per heavy atom. The maximum atomic E-state index is 6.22. The van der Waals surface area contributed by atoms with Gasteiger partial charge in [-0.3, -0.25) is 0 Å². The summed E-state index contributed by atoms with van der Waals surface area (Å²) in [6.45, 7) is 4.83. The number of benzene rings is 1. The van der Waals surface area contributed by atoms with Crippen LogP contribution in [0.25, 0.3) is 0 Å². The number of hydrogen-bond donors (Lipinski definition) is 1. The van der Waals surface area contributed by atoms with Crippen LogP contribution in [0.4, 0.5) is 5.82 Å². The molecule has 3 nitrogen and oxygen atoms in total. The Bertz CT molecular complexity index is 585. The van der Waals surface area contributed by atoms with Crippen LogP contribution in [0.5, 0.6) is 0 Å². The lowest BCUT2D eigenvalue weighted by molar-refractivity contribution is 1.00. The van der Waals surface area contributed by atoms with E-state index >= 15 is 0 Å². The molecule has 1 heterocycles. The van der Waals surface area contributed by atoms with E-state index in [0.717, 1.165) is 29.2 Å². The van der Waals surface area contributed by atoms with Crippen molar-refractivity contribution in [2.24, 2.45) is 0 Å². The SMILES string of the molecule is CCNc1ncnc(C)c1Cc1ccc(Cl)cc1Cl. The van der Waals surface area contributed by atoms with E-state index in [-0.39, 0.29) is 0 Å². The van der Waals surface area contributed by atoms with Crippen molar-refractivity contribution in [3.63, 3.8) is 0 Å². The number of halogens is 2. The molecular weight excluding hydrogens is 281 g/mol. The lowest BCUT2D eigenvalue weighted by Gasteiger charge is -2.12. The fraction of sp³-hybridized carbons (Fsp3) is 0.286. The normalized spacial score (nSPS) is 10.5. The van der Waals surface area contributed by atoms with E-state index in [4.69, 9.17) is 23.2 Å². The van der Waals surface area contributed by atoms with Gasteiger partial charge in [-0.1, -0.05) is 29.3 Å². The Hall–Kier alpha value is -1.32. The number of aromatic nitrogens is 2. The van der Waals surface area contributed by atoms with Gasteiger partial charge in [-0.25, -0.2) is 9.97 Å². The van der Waals surface area contributed by atoms with Crippen molar-refractivity contribution >= 4 is 29.0 Å². The zero-order valence-corrected chi connectivity index (χ0v) is 12.4. The molecule has 0 spiro atoms. The van der Waals surface area contributed by atoms with Gasteiger partial charge in [-0.15, -0.1) is 0 Å². The van der Waals surface area contributed by atoms with Gasteiger partial charge < -0.3 is 5.32 Å². The Kier molecular flexibility index (Phi) is 4.61. The maximum Gasteiger partial charge on any atom is 0.133 e. The molecule has 0 aliphatic heterocycles. The quantitative estimate of drug-likeness (QED) is 0.922. The van der Waals surface area contributed by atoms with Crippen LogP contribution >= 0.6 is 23.2 Å². The number of hydrogen-bond acceptors (Lipinski definition) is 3. The highest BCUT2D eigenvalue weighted by atomic mass is 35.5. The predicted octanol–water partition coefficient (Wildman–Crippen LogP) is 4.11. The third-order valence-electron chi connectivity index (χ3n) is 2.89. The molecule has 2 aromatic rings. The minimum atomic E-state index is 0.640. The molecule has 0 aliphatic carbocycles. The Morgan fingerprint density at radius 1 is 1.21 bits per heavy atom. The van der Waals surface area contributed by atoms with Crippen LogP contribution in [0.3, 0.4) is 0 Å². The molecule has 0 bridgehead atoms. The molecule has 0 saturated carbocycles. The van der Waals surface area contributed by atoms with Gasteiger partial charge in [0.1, 0.15) is 12.1 Å². The summed E-state index contributed by atoms with van der Waals surface area (Å²) in [5.41, 5.74) is 3.04. The molecule has 2 rings (SSSR count). The van der Waals surface area contributed by atoms with E-state index in [1.807, 2.05) is 26.0 Å². The standard InChI is InChI=1S/C14H15Cl2N3/c1-3-17-14-12(9(2)18-8-19-14)6-10-4-5-11(15)7-13(10)16/h4-5,7-8H,3,6H2,1-2H3,(H,17,18,19). The summed E-state index contributed by atoms with van der Waals surface area (Å²) in [5.74, 6) is 0.862. The average Bonchev–Trinajstić information content (AvgIpc) is 2.36. The fourth-order valence-electron chi connectivity index (χ4n) is 1.89. The lowest BCUT2D eigenvalue weighted by atomic mass is 10.0. The highest BCUT2D eigenvalue weighted by Crippen LogP contribution is 2.26. The second-order valence-corrected chi connectivity index (χ2v) is 5.07. The van der Waals surface area contributed by atoms with Crippen molar-refractivity contribution in [1.29, 1.82) is 0 Å². The first-order chi connectivity index (χ1) is 9.11. The van der Waals surface area contributed by atoms with E-state index in [0.29, 0.717) is 16.5 Å². The zero-order chi connectivity index (χ0) is 13.8. The molecule has 5 heteroatoms. The molecule has 0 atom stereocenters. The molecule has 100 valence electrons. The topological polar surface area (TPSA) is 37.8 Å². The first kappa shape index (κ1) is 14.1. The molecule has 0 aliphatic rings. The van der Waals surface area contributed by atoms with Crippen LogP contribution in [-0.2, 0) is 6.42 Å². The predicted molar refractivity (Wildman–Crippen MR) is 80.2 cm³/mol. The van der Waals surface area contributed by atoms with Gasteiger partial charge in [0.2, 0.25) is 0 Å². The summed E-state index contributed by atoms with van der Waals surface area (Å²) >= 11 is 12.1. The van der Waals surface area contributed by atoms with Crippen molar-refractivity contribution in [2.75, 3.05) is 11.9 Å². The first-order valence-corrected chi connectivity index (χ1v) is 6.85. The molecule has 19 heavy (non-hydrogen) atoms. The zero-order valence-electron chi connectivity index (χ0n) is 10.9. The Balaban J connectivity index is 2.37. The molecule has 1 N–H and O–H groups in total. The van der Waals surface area contributed by atoms with Crippen LogP contribution < -0.4 is 5.32 Å². The van der Waals surface area contributed by atoms with E-state index < -0.39 is 0 Å². The van der Waals surface area contributed by atoms with E-state index in [9.17, 15) is 0 Å². The van der Waals surface area contributed by atoms with Gasteiger partial charge in [0.15, 0.2) is 0 Å². The van der Waals surface area contributed by atoms with Crippen molar-refractivity contribution in [1.82, 2.24) is 9.97 Å². The highest BCUT2D eigenvalue weighted by molar-refractivity contribution is 6.35. The Morgan fingerprint density at radius 2 is 2.00 bits per heavy atom. The second kappa shape index (κ2) is 6.22. The molecule has 1 aromatic carbocycles. The van der Waals surface area contributed by atoms with Gasteiger partial charge >= 0.3 is 0 Å². The minimum Gasteiger partial charge on any atom is -0.370 e. The molecule has 0 amide bonds. The van der Waals surface area contributed by atoms with E-state index in [1.54, 1.807) is 12.4 Å². The van der Waals surface area contributed by atoms with Crippen LogP contribution in [0.15, 0.2) is 24.5 Å². The monoisotopic (exact) mass is 295 g/mol. The van der Waals surface area contributed by atoms with E-state index in [1.165, 1.54) is 0 Å². The second-order valence-electron chi connectivity index (χ2n) is 4.23. The minimum absolute atomic E-state index is 0.640. The van der Waals surface area contributed by atoms with Crippen molar-refractivity contribution < 1.29 is 0 Å². The van der Waals surface area contributed by atoms with Crippen molar-refractivity contribution in [3.05, 3.63) is 51.4 Å². The molecule has 0 saturated heterocycles. The van der Waals surface area contributed by atoms with Gasteiger partial charge in [0.25, 0.3) is 0 Å². The van der Waals surface area contributed by atoms with Gasteiger partial charge in [0, 0.05) is 34.3 Å². The third-order valence-corrected chi connectivity index (χ3v) is 3.47. The molecular formula is C14H15Cl2N3. The lowest BCUT2D eigenvalue weighted by Crippen LogP contribution is -2.07. The Labute approximate surface area is 123 Å². The van der Waals surface area contributed by atoms with Crippen LogP contribution in [0.1, 0.15) is 23.7 Å². The summed E-state index contributed by atoms with van der Waals surface area (Å²) in [4.78, 5) is 8.53. The van der Waals surface area contributed by atoms with Crippen LogP contribution in [0, 0.1) is 6.92 Å². The summed E-state index contributed by atoms with van der Waals surface area (Å²) in [5, 5.41) is 4.55. The number of aryl methyl sites for hydroxylation is 1. The number of nitrogens with one attached hydrogen (secondary N) is 1. The summed E-state index contributed by atoms with van der Waals surface area (Å²) < 4.78 is 0. The summed E-state index contributed by atoms with van der Waals surface area (Å²) in [7, 11) is 0. The molecule has 0 radical (unpaired) electrons. The molecule has 1 aromatic heterocycles. The fourth-order valence-corrected chi connectivity index (χ4v) is 2.36. The average molecular weight is 296 g/mol. The largest absolute Gasteiger partial charge is 0.370 e. The summed E-state index contributed by atoms with van der Waals surface area (Å²) in [6, 6.07) is 5.53. The van der Waals surface area contributed by atoms with Crippen LogP contribution in [-0.4, -0.2) is 16.5 Å². The number of anilines is 1. The maximum absolute atomic E-state index is 6.22. The van der Waals surface area contributed by atoms with Crippen LogP contribution in [0.2, 0.25) is 10.0 Å².